The fourth-order valence-corrected chi connectivity index (χ4v) is 5.34. The predicted molar refractivity (Wildman–Crippen MR) is 149 cm³/mol. The minimum absolute atomic E-state index is 0.545. The van der Waals surface area contributed by atoms with Crippen LogP contribution in [0.15, 0.2) is 18.2 Å². The molecule has 0 spiro atoms. The van der Waals surface area contributed by atoms with E-state index < -0.39 is 0 Å². The average Bonchev–Trinajstić information content (AvgIpc) is 2.82. The van der Waals surface area contributed by atoms with Gasteiger partial charge in [0.05, 0.1) is 0 Å². The fourth-order valence-electron chi connectivity index (χ4n) is 5.34. The first-order valence-corrected chi connectivity index (χ1v) is 15.0. The number of hydrogen-bond acceptors (Lipinski definition) is 1. The molecule has 0 aliphatic heterocycles. The van der Waals surface area contributed by atoms with Crippen molar-refractivity contribution in [1.29, 1.82) is 0 Å². The molecule has 0 aliphatic carbocycles. The van der Waals surface area contributed by atoms with E-state index in [4.69, 9.17) is 0 Å². The van der Waals surface area contributed by atoms with E-state index in [0.717, 1.165) is 6.42 Å². The van der Waals surface area contributed by atoms with Crippen molar-refractivity contribution in [1.82, 2.24) is 0 Å². The number of unbranched alkanes of at least 4 members (excludes halogenated alkanes) is 16. The first-order valence-electron chi connectivity index (χ1n) is 15.0. The van der Waals surface area contributed by atoms with Crippen LogP contribution >= 0.6 is 0 Å². The highest BCUT2D eigenvalue weighted by molar-refractivity contribution is 5.42. The maximum Gasteiger partial charge on any atom is 0.119 e. The fraction of sp³-hybridized carbons (Fsp3) is 0.812. The Hall–Kier alpha value is -0.980. The molecular formula is C32H58O. The highest BCUT2D eigenvalue weighted by Crippen LogP contribution is 2.37. The molecule has 0 amide bonds. The number of aromatic hydroxyl groups is 1. The normalized spacial score (nSPS) is 12.3. The second-order valence-corrected chi connectivity index (χ2v) is 10.5. The maximum absolute atomic E-state index is 10.9. The number of rotatable bonds is 23. The van der Waals surface area contributed by atoms with Gasteiger partial charge in [0, 0.05) is 5.56 Å². The van der Waals surface area contributed by atoms with Crippen molar-refractivity contribution in [3.05, 3.63) is 29.3 Å². The molecular weight excluding hydrogens is 400 g/mol. The Morgan fingerprint density at radius 3 is 1.45 bits per heavy atom. The van der Waals surface area contributed by atoms with E-state index in [-0.39, 0.29) is 0 Å². The van der Waals surface area contributed by atoms with E-state index in [1.807, 2.05) is 6.07 Å². The molecule has 192 valence electrons. The molecule has 0 aromatic heterocycles. The van der Waals surface area contributed by atoms with Crippen LogP contribution in [0.5, 0.6) is 5.75 Å². The van der Waals surface area contributed by atoms with Crippen molar-refractivity contribution in [3.63, 3.8) is 0 Å². The van der Waals surface area contributed by atoms with E-state index >= 15 is 0 Å². The van der Waals surface area contributed by atoms with Crippen LogP contribution in [0.25, 0.3) is 0 Å². The number of phenolic OH excluding ortho intramolecular Hbond substituents is 1. The lowest BCUT2D eigenvalue weighted by Crippen LogP contribution is -2.05. The van der Waals surface area contributed by atoms with E-state index in [1.54, 1.807) is 0 Å². The molecule has 0 radical (unpaired) electrons. The number of benzene rings is 1. The first kappa shape index (κ1) is 30.1. The Kier molecular flexibility index (Phi) is 19.6. The number of phenols is 1. The molecule has 1 nitrogen and oxygen atoms in total. The summed E-state index contributed by atoms with van der Waals surface area (Å²) in [6.07, 6.45) is 29.4. The lowest BCUT2D eigenvalue weighted by molar-refractivity contribution is 0.435. The van der Waals surface area contributed by atoms with Crippen molar-refractivity contribution >= 4 is 0 Å². The highest BCUT2D eigenvalue weighted by atomic mass is 16.3. The van der Waals surface area contributed by atoms with Gasteiger partial charge in [0.25, 0.3) is 0 Å². The van der Waals surface area contributed by atoms with Gasteiger partial charge in [-0.25, -0.2) is 0 Å². The predicted octanol–water partition coefficient (Wildman–Crippen LogP) is 11.3. The molecule has 0 heterocycles. The highest BCUT2D eigenvalue weighted by Gasteiger charge is 2.19. The Morgan fingerprint density at radius 1 is 0.545 bits per heavy atom. The molecule has 33 heavy (non-hydrogen) atoms. The van der Waals surface area contributed by atoms with Crippen molar-refractivity contribution < 1.29 is 5.11 Å². The van der Waals surface area contributed by atoms with Crippen molar-refractivity contribution in [2.24, 2.45) is 0 Å². The topological polar surface area (TPSA) is 20.2 Å². The summed E-state index contributed by atoms with van der Waals surface area (Å²) >= 11 is 0. The first-order chi connectivity index (χ1) is 16.2. The Bertz CT molecular complexity index is 549. The third kappa shape index (κ3) is 14.8. The van der Waals surface area contributed by atoms with Crippen LogP contribution in [0.2, 0.25) is 0 Å². The van der Waals surface area contributed by atoms with Crippen LogP contribution in [-0.2, 0) is 6.42 Å². The zero-order valence-electron chi connectivity index (χ0n) is 22.8. The number of aryl methyl sites for hydroxylation is 1. The molecule has 1 N–H and O–H groups in total. The van der Waals surface area contributed by atoms with Crippen LogP contribution in [0.4, 0.5) is 0 Å². The standard InChI is InChI=1S/C32H58O/c1-4-7-10-13-15-16-17-19-22-26-29(25-21-18-14-11-8-5-2)32-30(24-20-12-9-6-3)27-23-28-31(32)33/h23,27-29,33H,4-22,24-26H2,1-3H3. The molecule has 1 unspecified atom stereocenters. The smallest absolute Gasteiger partial charge is 0.119 e. The molecule has 0 fully saturated rings. The second-order valence-electron chi connectivity index (χ2n) is 10.5. The Morgan fingerprint density at radius 2 is 0.970 bits per heavy atom. The van der Waals surface area contributed by atoms with Crippen LogP contribution in [0.3, 0.4) is 0 Å². The zero-order chi connectivity index (χ0) is 24.0. The van der Waals surface area contributed by atoms with Gasteiger partial charge >= 0.3 is 0 Å². The SMILES string of the molecule is CCCCCCCCCCCC(CCCCCCCC)c1c(O)cccc1CCCCCC. The van der Waals surface area contributed by atoms with Gasteiger partial charge < -0.3 is 5.11 Å². The summed E-state index contributed by atoms with van der Waals surface area (Å²) < 4.78 is 0. The molecule has 1 rings (SSSR count). The van der Waals surface area contributed by atoms with E-state index in [1.165, 1.54) is 146 Å². The van der Waals surface area contributed by atoms with Crippen molar-refractivity contribution in [2.45, 2.75) is 168 Å². The lowest BCUT2D eigenvalue weighted by atomic mass is 9.83. The Labute approximate surface area is 208 Å². The molecule has 1 atom stereocenters. The van der Waals surface area contributed by atoms with E-state index in [0.29, 0.717) is 11.7 Å². The molecule has 0 saturated heterocycles. The average molecular weight is 459 g/mol. The third-order valence-electron chi connectivity index (χ3n) is 7.44. The summed E-state index contributed by atoms with van der Waals surface area (Å²) in [5, 5.41) is 10.9. The summed E-state index contributed by atoms with van der Waals surface area (Å²) in [7, 11) is 0. The van der Waals surface area contributed by atoms with Crippen molar-refractivity contribution in [3.8, 4) is 5.75 Å². The van der Waals surface area contributed by atoms with E-state index in [2.05, 4.69) is 32.9 Å². The molecule has 1 heteroatoms. The Balaban J connectivity index is 2.60. The largest absolute Gasteiger partial charge is 0.508 e. The lowest BCUT2D eigenvalue weighted by Gasteiger charge is -2.22. The van der Waals surface area contributed by atoms with Crippen LogP contribution in [0.1, 0.15) is 173 Å². The number of hydrogen-bond donors (Lipinski definition) is 1. The molecule has 0 saturated carbocycles. The summed E-state index contributed by atoms with van der Waals surface area (Å²) in [5.41, 5.74) is 2.74. The minimum Gasteiger partial charge on any atom is -0.508 e. The maximum atomic E-state index is 10.9. The molecule has 1 aromatic rings. The molecule has 1 aromatic carbocycles. The van der Waals surface area contributed by atoms with Crippen molar-refractivity contribution in [2.75, 3.05) is 0 Å². The van der Waals surface area contributed by atoms with Gasteiger partial charge in [0.1, 0.15) is 5.75 Å². The van der Waals surface area contributed by atoms with Gasteiger partial charge in [-0.05, 0) is 43.2 Å². The van der Waals surface area contributed by atoms with Gasteiger partial charge in [0.15, 0.2) is 0 Å². The van der Waals surface area contributed by atoms with Crippen LogP contribution < -0.4 is 0 Å². The van der Waals surface area contributed by atoms with Crippen LogP contribution in [-0.4, -0.2) is 5.11 Å². The molecule has 0 aliphatic rings. The second kappa shape index (κ2) is 21.5. The quantitative estimate of drug-likeness (QED) is 0.162. The minimum atomic E-state index is 0.545. The van der Waals surface area contributed by atoms with Gasteiger partial charge in [-0.1, -0.05) is 148 Å². The van der Waals surface area contributed by atoms with E-state index in [9.17, 15) is 5.11 Å². The zero-order valence-corrected chi connectivity index (χ0v) is 22.8. The molecule has 0 bridgehead atoms. The van der Waals surface area contributed by atoms with Crippen LogP contribution in [0, 0.1) is 0 Å². The summed E-state index contributed by atoms with van der Waals surface area (Å²) in [6.45, 7) is 6.87. The summed E-state index contributed by atoms with van der Waals surface area (Å²) in [6, 6.07) is 6.30. The van der Waals surface area contributed by atoms with Gasteiger partial charge in [-0.2, -0.15) is 0 Å². The monoisotopic (exact) mass is 458 g/mol. The van der Waals surface area contributed by atoms with Gasteiger partial charge in [-0.15, -0.1) is 0 Å². The van der Waals surface area contributed by atoms with Gasteiger partial charge in [0.2, 0.25) is 0 Å². The van der Waals surface area contributed by atoms with Gasteiger partial charge in [-0.3, -0.25) is 0 Å². The third-order valence-corrected chi connectivity index (χ3v) is 7.44. The summed E-state index contributed by atoms with van der Waals surface area (Å²) in [4.78, 5) is 0. The summed E-state index contributed by atoms with van der Waals surface area (Å²) in [5.74, 6) is 1.11.